The summed E-state index contributed by atoms with van der Waals surface area (Å²) in [5.41, 5.74) is 1.03. The van der Waals surface area contributed by atoms with Crippen LogP contribution in [-0.4, -0.2) is 15.8 Å². The largest absolute Gasteiger partial charge is 0.334 e. The van der Waals surface area contributed by atoms with Crippen molar-refractivity contribution in [2.24, 2.45) is 7.05 Å². The van der Waals surface area contributed by atoms with Crippen LogP contribution in [0.25, 0.3) is 0 Å². The number of benzene rings is 1. The van der Waals surface area contributed by atoms with Crippen LogP contribution >= 0.6 is 15.9 Å². The van der Waals surface area contributed by atoms with Crippen LogP contribution in [0.5, 0.6) is 0 Å². The van der Waals surface area contributed by atoms with Crippen molar-refractivity contribution in [2.75, 3.05) is 5.32 Å². The zero-order chi connectivity index (χ0) is 13.0. The number of rotatable bonds is 3. The van der Waals surface area contributed by atoms with Gasteiger partial charge in [0.25, 0.3) is 0 Å². The molecule has 2 aromatic rings. The molecule has 0 saturated heterocycles. The predicted octanol–water partition coefficient (Wildman–Crippen LogP) is 2.50. The molecule has 94 valence electrons. The van der Waals surface area contributed by atoms with E-state index < -0.39 is 0 Å². The molecule has 1 aromatic carbocycles. The molecule has 18 heavy (non-hydrogen) atoms. The van der Waals surface area contributed by atoms with Crippen LogP contribution in [0.15, 0.2) is 41.0 Å². The topological polar surface area (TPSA) is 59.0 Å². The third-order valence-corrected chi connectivity index (χ3v) is 2.90. The Kier molecular flexibility index (Phi) is 3.99. The molecule has 0 aliphatic rings. The highest BCUT2D eigenvalue weighted by molar-refractivity contribution is 9.10. The molecule has 0 aliphatic carbocycles. The number of hydrogen-bond donors (Lipinski definition) is 2. The molecule has 0 atom stereocenters. The number of anilines is 1. The smallest absolute Gasteiger partial charge is 0.320 e. The van der Waals surface area contributed by atoms with Crippen molar-refractivity contribution in [3.63, 3.8) is 0 Å². The highest BCUT2D eigenvalue weighted by Gasteiger charge is 2.04. The molecule has 0 unspecified atom stereocenters. The van der Waals surface area contributed by atoms with Crippen LogP contribution < -0.4 is 10.6 Å². The standard InChI is InChI=1S/C12H13BrN4O/c1-17-11(5-6-15-17)16-12(18)14-8-9-3-2-4-10(13)7-9/h2-7H,8H2,1H3,(H2,14,16,18). The number of amides is 2. The first kappa shape index (κ1) is 12.6. The number of aromatic nitrogens is 2. The molecular weight excluding hydrogens is 296 g/mol. The minimum absolute atomic E-state index is 0.251. The van der Waals surface area contributed by atoms with Crippen LogP contribution in [-0.2, 0) is 13.6 Å². The Morgan fingerprint density at radius 3 is 2.94 bits per heavy atom. The first-order chi connectivity index (χ1) is 8.65. The Balaban J connectivity index is 1.87. The summed E-state index contributed by atoms with van der Waals surface area (Å²) in [6.45, 7) is 0.475. The van der Waals surface area contributed by atoms with Crippen molar-refractivity contribution in [3.8, 4) is 0 Å². The maximum absolute atomic E-state index is 11.6. The number of carbonyl (C=O) groups is 1. The SMILES string of the molecule is Cn1nccc1NC(=O)NCc1cccc(Br)c1. The van der Waals surface area contributed by atoms with Gasteiger partial charge in [0.15, 0.2) is 0 Å². The predicted molar refractivity (Wildman–Crippen MR) is 73.2 cm³/mol. The molecule has 6 heteroatoms. The molecule has 2 N–H and O–H groups in total. The number of nitrogens with zero attached hydrogens (tertiary/aromatic N) is 2. The van der Waals surface area contributed by atoms with Gasteiger partial charge in [-0.15, -0.1) is 0 Å². The number of nitrogens with one attached hydrogen (secondary N) is 2. The van der Waals surface area contributed by atoms with Gasteiger partial charge in [0.05, 0.1) is 6.20 Å². The average Bonchev–Trinajstić information content (AvgIpc) is 2.73. The van der Waals surface area contributed by atoms with Crippen molar-refractivity contribution >= 4 is 27.8 Å². The van der Waals surface area contributed by atoms with Crippen molar-refractivity contribution < 1.29 is 4.79 Å². The van der Waals surface area contributed by atoms with Gasteiger partial charge in [-0.1, -0.05) is 28.1 Å². The normalized spacial score (nSPS) is 10.1. The first-order valence-corrected chi connectivity index (χ1v) is 6.22. The van der Waals surface area contributed by atoms with E-state index in [4.69, 9.17) is 0 Å². The van der Waals surface area contributed by atoms with E-state index in [1.54, 1.807) is 24.0 Å². The van der Waals surface area contributed by atoms with E-state index >= 15 is 0 Å². The lowest BCUT2D eigenvalue weighted by Crippen LogP contribution is -2.29. The summed E-state index contributed by atoms with van der Waals surface area (Å²) in [6.07, 6.45) is 1.63. The molecule has 0 fully saturated rings. The van der Waals surface area contributed by atoms with Gasteiger partial charge in [0, 0.05) is 24.1 Å². The highest BCUT2D eigenvalue weighted by Crippen LogP contribution is 2.11. The van der Waals surface area contributed by atoms with Crippen LogP contribution in [0.4, 0.5) is 10.6 Å². The van der Waals surface area contributed by atoms with Gasteiger partial charge in [0.1, 0.15) is 5.82 Å². The highest BCUT2D eigenvalue weighted by atomic mass is 79.9. The number of carbonyl (C=O) groups excluding carboxylic acids is 1. The van der Waals surface area contributed by atoms with Crippen LogP contribution in [0.3, 0.4) is 0 Å². The lowest BCUT2D eigenvalue weighted by Gasteiger charge is -2.07. The maximum atomic E-state index is 11.6. The Hall–Kier alpha value is -1.82. The Labute approximate surface area is 113 Å². The Bertz CT molecular complexity index is 553. The second-order valence-electron chi connectivity index (χ2n) is 3.78. The lowest BCUT2D eigenvalue weighted by molar-refractivity contribution is 0.251. The average molecular weight is 309 g/mol. The summed E-state index contributed by atoms with van der Waals surface area (Å²) in [5.74, 6) is 0.654. The van der Waals surface area contributed by atoms with Gasteiger partial charge in [-0.25, -0.2) is 4.79 Å². The number of aryl methyl sites for hydroxylation is 1. The summed E-state index contributed by atoms with van der Waals surface area (Å²) in [7, 11) is 1.77. The van der Waals surface area contributed by atoms with E-state index in [1.807, 2.05) is 24.3 Å². The summed E-state index contributed by atoms with van der Waals surface area (Å²) < 4.78 is 2.59. The van der Waals surface area contributed by atoms with Crippen molar-refractivity contribution in [1.82, 2.24) is 15.1 Å². The monoisotopic (exact) mass is 308 g/mol. The van der Waals surface area contributed by atoms with Gasteiger partial charge in [0.2, 0.25) is 0 Å². The van der Waals surface area contributed by atoms with E-state index in [9.17, 15) is 4.79 Å². The zero-order valence-electron chi connectivity index (χ0n) is 9.85. The van der Waals surface area contributed by atoms with Crippen LogP contribution in [0.2, 0.25) is 0 Å². The van der Waals surface area contributed by atoms with Crippen molar-refractivity contribution in [3.05, 3.63) is 46.6 Å². The van der Waals surface area contributed by atoms with Gasteiger partial charge in [-0.3, -0.25) is 10.00 Å². The first-order valence-electron chi connectivity index (χ1n) is 5.42. The third kappa shape index (κ3) is 3.33. The molecule has 0 bridgehead atoms. The van der Waals surface area contributed by atoms with Crippen LogP contribution in [0.1, 0.15) is 5.56 Å². The van der Waals surface area contributed by atoms with Crippen molar-refractivity contribution in [2.45, 2.75) is 6.54 Å². The zero-order valence-corrected chi connectivity index (χ0v) is 11.4. The summed E-state index contributed by atoms with van der Waals surface area (Å²) in [6, 6.07) is 9.27. The summed E-state index contributed by atoms with van der Waals surface area (Å²) in [5, 5.41) is 9.46. The molecular formula is C12H13BrN4O. The second-order valence-corrected chi connectivity index (χ2v) is 4.69. The van der Waals surface area contributed by atoms with Gasteiger partial charge in [-0.2, -0.15) is 5.10 Å². The van der Waals surface area contributed by atoms with Crippen molar-refractivity contribution in [1.29, 1.82) is 0 Å². The minimum atomic E-state index is -0.251. The molecule has 0 aliphatic heterocycles. The number of halogens is 1. The van der Waals surface area contributed by atoms with Gasteiger partial charge in [-0.05, 0) is 17.7 Å². The maximum Gasteiger partial charge on any atom is 0.320 e. The Morgan fingerprint density at radius 2 is 2.28 bits per heavy atom. The number of urea groups is 1. The molecule has 5 nitrogen and oxygen atoms in total. The summed E-state index contributed by atoms with van der Waals surface area (Å²) >= 11 is 3.39. The molecule has 1 heterocycles. The number of hydrogen-bond acceptors (Lipinski definition) is 2. The fraction of sp³-hybridized carbons (Fsp3) is 0.167. The molecule has 0 spiro atoms. The van der Waals surface area contributed by atoms with Gasteiger partial charge < -0.3 is 5.32 Å². The van der Waals surface area contributed by atoms with E-state index in [0.717, 1.165) is 10.0 Å². The molecule has 0 radical (unpaired) electrons. The molecule has 2 rings (SSSR count). The molecule has 1 aromatic heterocycles. The summed E-state index contributed by atoms with van der Waals surface area (Å²) in [4.78, 5) is 11.6. The lowest BCUT2D eigenvalue weighted by atomic mass is 10.2. The van der Waals surface area contributed by atoms with E-state index in [2.05, 4.69) is 31.7 Å². The van der Waals surface area contributed by atoms with Gasteiger partial charge >= 0.3 is 6.03 Å². The third-order valence-electron chi connectivity index (χ3n) is 2.40. The van der Waals surface area contributed by atoms with E-state index in [0.29, 0.717) is 12.4 Å². The fourth-order valence-corrected chi connectivity index (χ4v) is 1.93. The molecule has 2 amide bonds. The fourth-order valence-electron chi connectivity index (χ4n) is 1.49. The van der Waals surface area contributed by atoms with E-state index in [-0.39, 0.29) is 6.03 Å². The minimum Gasteiger partial charge on any atom is -0.334 e. The van der Waals surface area contributed by atoms with E-state index in [1.165, 1.54) is 0 Å². The second kappa shape index (κ2) is 5.68. The van der Waals surface area contributed by atoms with Crippen LogP contribution in [0, 0.1) is 0 Å². The molecule has 0 saturated carbocycles. The Morgan fingerprint density at radius 1 is 1.44 bits per heavy atom. The quantitative estimate of drug-likeness (QED) is 0.915.